The number of carbonyl (C=O) groups is 1. The minimum Gasteiger partial charge on any atom is -0.478 e. The molecule has 0 radical (unpaired) electrons. The number of rotatable bonds is 8. The van der Waals surface area contributed by atoms with Crippen LogP contribution in [0.3, 0.4) is 0 Å². The van der Waals surface area contributed by atoms with Crippen molar-refractivity contribution in [1.29, 1.82) is 0 Å². The van der Waals surface area contributed by atoms with Gasteiger partial charge >= 0.3 is 5.97 Å². The number of aromatic nitrogens is 1. The van der Waals surface area contributed by atoms with Gasteiger partial charge in [0.2, 0.25) is 0 Å². The molecule has 6 rings (SSSR count). The van der Waals surface area contributed by atoms with Crippen molar-refractivity contribution in [3.63, 3.8) is 0 Å². The third-order valence-corrected chi connectivity index (χ3v) is 8.48. The lowest BCUT2D eigenvalue weighted by Crippen LogP contribution is -2.29. The summed E-state index contributed by atoms with van der Waals surface area (Å²) in [5, 5.41) is 24.3. The van der Waals surface area contributed by atoms with Gasteiger partial charge in [-0.1, -0.05) is 23.9 Å². The van der Waals surface area contributed by atoms with Crippen molar-refractivity contribution in [3.05, 3.63) is 136 Å². The second-order valence-corrected chi connectivity index (χ2v) is 11.4. The number of nitrogens with zero attached hydrogens (tertiary/aromatic N) is 3. The highest BCUT2D eigenvalue weighted by molar-refractivity contribution is 7.99. The number of anilines is 1. The fourth-order valence-corrected chi connectivity index (χ4v) is 6.26. The highest BCUT2D eigenvalue weighted by atomic mass is 32.2. The predicted octanol–water partition coefficient (Wildman–Crippen LogP) is 7.58. The Balaban J connectivity index is 1.32. The standard InChI is InChI=1S/C32H24N4O5S2/c1-19-18-20(31(37)38)5-14-25(19)27-15-16-28(41-27)30-29(26-4-2-3-17-33-26)34-32(42)35(30)21-6-10-23(11-7-21)43-24-12-8-22(9-13-24)36(39)40/h2-18,29-30H,1H3,(H,34,42)(H,37,38)/t29-,30+/m0/s1. The lowest BCUT2D eigenvalue weighted by molar-refractivity contribution is -0.384. The molecule has 2 aromatic heterocycles. The Bertz CT molecular complexity index is 1830. The summed E-state index contributed by atoms with van der Waals surface area (Å²) in [6.45, 7) is 1.86. The normalized spacial score (nSPS) is 16.2. The molecule has 11 heteroatoms. The molecule has 0 aliphatic carbocycles. The Labute approximate surface area is 256 Å². The molecule has 3 aromatic carbocycles. The molecule has 1 aliphatic heterocycles. The number of carboxylic acid groups (broad SMARTS) is 1. The number of nitro benzene ring substituents is 1. The monoisotopic (exact) mass is 608 g/mol. The quantitative estimate of drug-likeness (QED) is 0.104. The van der Waals surface area contributed by atoms with E-state index in [0.717, 1.165) is 32.3 Å². The molecule has 1 saturated heterocycles. The number of hydrogen-bond acceptors (Lipinski definition) is 7. The van der Waals surface area contributed by atoms with E-state index in [9.17, 15) is 20.0 Å². The van der Waals surface area contributed by atoms with Crippen LogP contribution in [0.4, 0.5) is 11.4 Å². The SMILES string of the molecule is Cc1cc(C(=O)O)ccc1-c1ccc([C@@H]2[C@H](c3ccccn3)NC(=S)N2c2ccc(Sc3ccc([N+](=O)[O-])cc3)cc2)o1. The van der Waals surface area contributed by atoms with Crippen LogP contribution in [-0.2, 0) is 0 Å². The fourth-order valence-electron chi connectivity index (χ4n) is 5.10. The van der Waals surface area contributed by atoms with Crippen molar-refractivity contribution in [3.8, 4) is 11.3 Å². The number of benzene rings is 3. The molecule has 1 aliphatic rings. The van der Waals surface area contributed by atoms with Gasteiger partial charge in [0.25, 0.3) is 5.69 Å². The molecule has 214 valence electrons. The number of furan rings is 1. The van der Waals surface area contributed by atoms with Gasteiger partial charge in [0.15, 0.2) is 5.11 Å². The summed E-state index contributed by atoms with van der Waals surface area (Å²) in [6, 6.07) is 28.2. The summed E-state index contributed by atoms with van der Waals surface area (Å²) in [6.07, 6.45) is 1.74. The maximum absolute atomic E-state index is 11.4. The van der Waals surface area contributed by atoms with E-state index < -0.39 is 10.9 Å². The van der Waals surface area contributed by atoms with E-state index in [0.29, 0.717) is 16.6 Å². The van der Waals surface area contributed by atoms with Gasteiger partial charge in [-0.15, -0.1) is 0 Å². The van der Waals surface area contributed by atoms with E-state index in [4.69, 9.17) is 16.6 Å². The Hall–Kier alpha value is -5.00. The van der Waals surface area contributed by atoms with Crippen LogP contribution < -0.4 is 10.2 Å². The van der Waals surface area contributed by atoms with Crippen molar-refractivity contribution in [2.24, 2.45) is 0 Å². The number of nitrogens with one attached hydrogen (secondary N) is 1. The Morgan fingerprint density at radius 2 is 1.74 bits per heavy atom. The van der Waals surface area contributed by atoms with E-state index in [1.54, 1.807) is 36.5 Å². The molecule has 43 heavy (non-hydrogen) atoms. The lowest BCUT2D eigenvalue weighted by Gasteiger charge is -2.26. The van der Waals surface area contributed by atoms with Crippen molar-refractivity contribution < 1.29 is 19.2 Å². The summed E-state index contributed by atoms with van der Waals surface area (Å²) in [5.74, 6) is 0.312. The molecule has 1 fully saturated rings. The average molecular weight is 609 g/mol. The number of thiocarbonyl (C=S) groups is 1. The molecule has 0 saturated carbocycles. The van der Waals surface area contributed by atoms with Crippen molar-refractivity contribution in [1.82, 2.24) is 10.3 Å². The molecular weight excluding hydrogens is 585 g/mol. The first-order chi connectivity index (χ1) is 20.8. The van der Waals surface area contributed by atoms with Gasteiger partial charge in [0, 0.05) is 39.4 Å². The molecule has 2 atom stereocenters. The van der Waals surface area contributed by atoms with Crippen LogP contribution in [-0.4, -0.2) is 26.1 Å². The van der Waals surface area contributed by atoms with Gasteiger partial charge in [0.05, 0.1) is 22.2 Å². The number of non-ortho nitro benzene ring substituents is 1. The van der Waals surface area contributed by atoms with E-state index >= 15 is 0 Å². The number of nitro groups is 1. The molecule has 5 aromatic rings. The van der Waals surface area contributed by atoms with Gasteiger partial charge in [-0.2, -0.15) is 0 Å². The minimum atomic E-state index is -0.980. The largest absolute Gasteiger partial charge is 0.478 e. The first-order valence-electron chi connectivity index (χ1n) is 13.3. The topological polar surface area (TPSA) is 122 Å². The second kappa shape index (κ2) is 11.7. The third-order valence-electron chi connectivity index (χ3n) is 7.15. The molecule has 0 bridgehead atoms. The van der Waals surface area contributed by atoms with Crippen LogP contribution in [0.25, 0.3) is 11.3 Å². The van der Waals surface area contributed by atoms with E-state index in [1.165, 1.54) is 23.9 Å². The average Bonchev–Trinajstić information content (AvgIpc) is 3.63. The number of carboxylic acids is 1. The van der Waals surface area contributed by atoms with E-state index in [-0.39, 0.29) is 23.3 Å². The maximum atomic E-state index is 11.4. The Morgan fingerprint density at radius 3 is 2.37 bits per heavy atom. The third kappa shape index (κ3) is 5.72. The van der Waals surface area contributed by atoms with Crippen molar-refractivity contribution in [2.75, 3.05) is 4.90 Å². The maximum Gasteiger partial charge on any atom is 0.335 e. The summed E-state index contributed by atoms with van der Waals surface area (Å²) in [5.41, 5.74) is 3.53. The number of aromatic carboxylic acids is 1. The van der Waals surface area contributed by atoms with E-state index in [2.05, 4.69) is 10.3 Å². The second-order valence-electron chi connectivity index (χ2n) is 9.88. The van der Waals surface area contributed by atoms with Crippen molar-refractivity contribution >= 4 is 46.4 Å². The van der Waals surface area contributed by atoms with Crippen LogP contribution in [0.5, 0.6) is 0 Å². The van der Waals surface area contributed by atoms with E-state index in [1.807, 2.05) is 66.4 Å². The number of aryl methyl sites for hydroxylation is 1. The molecule has 0 unspecified atom stereocenters. The molecule has 3 heterocycles. The summed E-state index contributed by atoms with van der Waals surface area (Å²) < 4.78 is 6.45. The molecular formula is C32H24N4O5S2. The summed E-state index contributed by atoms with van der Waals surface area (Å²) in [4.78, 5) is 30.4. The highest BCUT2D eigenvalue weighted by Gasteiger charge is 2.42. The Kier molecular flexibility index (Phi) is 7.66. The summed E-state index contributed by atoms with van der Waals surface area (Å²) >= 11 is 7.34. The number of hydrogen-bond donors (Lipinski definition) is 2. The Morgan fingerprint density at radius 1 is 1.02 bits per heavy atom. The lowest BCUT2D eigenvalue weighted by atomic mass is 10.0. The van der Waals surface area contributed by atoms with Crippen LogP contribution in [0.2, 0.25) is 0 Å². The van der Waals surface area contributed by atoms with Crippen molar-refractivity contribution in [2.45, 2.75) is 28.8 Å². The van der Waals surface area contributed by atoms with Gasteiger partial charge in [-0.25, -0.2) is 4.79 Å². The molecule has 0 spiro atoms. The van der Waals surface area contributed by atoms with Gasteiger partial charge in [0.1, 0.15) is 17.6 Å². The minimum absolute atomic E-state index is 0.0526. The molecule has 2 N–H and O–H groups in total. The summed E-state index contributed by atoms with van der Waals surface area (Å²) in [7, 11) is 0. The molecule has 9 nitrogen and oxygen atoms in total. The highest BCUT2D eigenvalue weighted by Crippen LogP contribution is 2.43. The van der Waals surface area contributed by atoms with Gasteiger partial charge in [-0.3, -0.25) is 15.1 Å². The zero-order valence-electron chi connectivity index (χ0n) is 22.7. The smallest absolute Gasteiger partial charge is 0.335 e. The fraction of sp³-hybridized carbons (Fsp3) is 0.0938. The molecule has 0 amide bonds. The predicted molar refractivity (Wildman–Crippen MR) is 167 cm³/mol. The van der Waals surface area contributed by atoms with Gasteiger partial charge in [-0.05, 0) is 97.5 Å². The first kappa shape index (κ1) is 28.1. The van der Waals surface area contributed by atoms with Crippen LogP contribution in [0.1, 0.15) is 39.5 Å². The zero-order chi connectivity index (χ0) is 30.1. The zero-order valence-corrected chi connectivity index (χ0v) is 24.3. The van der Waals surface area contributed by atoms with Crippen LogP contribution in [0.15, 0.2) is 117 Å². The first-order valence-corrected chi connectivity index (χ1v) is 14.5. The van der Waals surface area contributed by atoms with Crippen LogP contribution in [0, 0.1) is 17.0 Å². The van der Waals surface area contributed by atoms with Gasteiger partial charge < -0.3 is 19.7 Å². The van der Waals surface area contributed by atoms with Crippen LogP contribution >= 0.6 is 24.0 Å². The number of pyridine rings is 1.